The lowest BCUT2D eigenvalue weighted by Gasteiger charge is -2.09. The lowest BCUT2D eigenvalue weighted by molar-refractivity contribution is -0.138. The van der Waals surface area contributed by atoms with Crippen molar-refractivity contribution in [3.63, 3.8) is 0 Å². The van der Waals surface area contributed by atoms with Gasteiger partial charge in [0.05, 0.1) is 5.92 Å². The molecule has 0 aliphatic rings. The Morgan fingerprint density at radius 1 is 1.50 bits per heavy atom. The summed E-state index contributed by atoms with van der Waals surface area (Å²) in [7, 11) is 0. The maximum atomic E-state index is 10.8. The predicted molar refractivity (Wildman–Crippen MR) is 64.6 cm³/mol. The zero-order valence-corrected chi connectivity index (χ0v) is 10.4. The van der Waals surface area contributed by atoms with Gasteiger partial charge in [-0.15, -0.1) is 0 Å². The van der Waals surface area contributed by atoms with Gasteiger partial charge in [-0.05, 0) is 59.2 Å². The van der Waals surface area contributed by atoms with Crippen LogP contribution in [0.15, 0.2) is 18.2 Å². The van der Waals surface area contributed by atoms with Crippen LogP contribution in [0, 0.1) is 3.57 Å². The van der Waals surface area contributed by atoms with Gasteiger partial charge in [0.2, 0.25) is 0 Å². The van der Waals surface area contributed by atoms with Crippen LogP contribution in [-0.2, 0) is 11.2 Å². The summed E-state index contributed by atoms with van der Waals surface area (Å²) in [5.41, 5.74) is 2.08. The molecule has 3 heteroatoms. The molecule has 14 heavy (non-hydrogen) atoms. The maximum Gasteiger partial charge on any atom is 0.310 e. The zero-order chi connectivity index (χ0) is 10.7. The predicted octanol–water partition coefficient (Wildman–Crippen LogP) is 3.04. The molecule has 1 unspecified atom stereocenters. The number of aliphatic carboxylic acids is 1. The van der Waals surface area contributed by atoms with Crippen LogP contribution in [0.2, 0.25) is 0 Å². The van der Waals surface area contributed by atoms with E-state index in [2.05, 4.69) is 35.6 Å². The van der Waals surface area contributed by atoms with Gasteiger partial charge in [0.25, 0.3) is 0 Å². The van der Waals surface area contributed by atoms with Crippen molar-refractivity contribution in [3.05, 3.63) is 32.9 Å². The van der Waals surface area contributed by atoms with E-state index in [0.29, 0.717) is 0 Å². The van der Waals surface area contributed by atoms with E-state index in [1.54, 1.807) is 6.92 Å². The van der Waals surface area contributed by atoms with Gasteiger partial charge in [-0.1, -0.05) is 13.0 Å². The van der Waals surface area contributed by atoms with Gasteiger partial charge < -0.3 is 5.11 Å². The number of carboxylic acid groups (broad SMARTS) is 1. The van der Waals surface area contributed by atoms with E-state index in [1.165, 1.54) is 5.56 Å². The molecule has 1 atom stereocenters. The van der Waals surface area contributed by atoms with Crippen molar-refractivity contribution in [2.75, 3.05) is 0 Å². The van der Waals surface area contributed by atoms with Crippen LogP contribution in [0.1, 0.15) is 30.9 Å². The van der Waals surface area contributed by atoms with Crippen molar-refractivity contribution in [1.29, 1.82) is 0 Å². The summed E-state index contributed by atoms with van der Waals surface area (Å²) in [6.45, 7) is 3.79. The average molecular weight is 304 g/mol. The molecule has 1 N–H and O–H groups in total. The van der Waals surface area contributed by atoms with Crippen molar-refractivity contribution in [1.82, 2.24) is 0 Å². The average Bonchev–Trinajstić information content (AvgIpc) is 2.15. The van der Waals surface area contributed by atoms with Crippen LogP contribution in [-0.4, -0.2) is 11.1 Å². The summed E-state index contributed by atoms with van der Waals surface area (Å²) < 4.78 is 1.10. The molecule has 2 nitrogen and oxygen atoms in total. The molecule has 0 heterocycles. The fraction of sp³-hybridized carbons (Fsp3) is 0.364. The summed E-state index contributed by atoms with van der Waals surface area (Å²) in [6, 6.07) is 5.98. The molecule has 1 rings (SSSR count). The summed E-state index contributed by atoms with van der Waals surface area (Å²) >= 11 is 2.22. The Hall–Kier alpha value is -0.580. The molecule has 0 radical (unpaired) electrons. The van der Waals surface area contributed by atoms with Crippen LogP contribution in [0.3, 0.4) is 0 Å². The maximum absolute atomic E-state index is 10.8. The third-order valence-electron chi connectivity index (χ3n) is 2.26. The quantitative estimate of drug-likeness (QED) is 0.872. The van der Waals surface area contributed by atoms with Crippen LogP contribution in [0.5, 0.6) is 0 Å². The molecule has 0 saturated heterocycles. The van der Waals surface area contributed by atoms with Crippen molar-refractivity contribution < 1.29 is 9.90 Å². The Morgan fingerprint density at radius 3 is 2.64 bits per heavy atom. The molecule has 0 aliphatic heterocycles. The number of hydrogen-bond donors (Lipinski definition) is 1. The second kappa shape index (κ2) is 4.77. The molecule has 0 amide bonds. The Morgan fingerprint density at radius 2 is 2.14 bits per heavy atom. The molecule has 76 valence electrons. The number of benzene rings is 1. The van der Waals surface area contributed by atoms with E-state index in [9.17, 15) is 4.79 Å². The fourth-order valence-corrected chi connectivity index (χ4v) is 2.03. The van der Waals surface area contributed by atoms with Crippen molar-refractivity contribution in [3.8, 4) is 0 Å². The van der Waals surface area contributed by atoms with E-state index in [4.69, 9.17) is 5.11 Å². The second-order valence-electron chi connectivity index (χ2n) is 3.31. The first-order valence-electron chi connectivity index (χ1n) is 4.56. The highest BCUT2D eigenvalue weighted by atomic mass is 127. The Balaban J connectivity index is 3.08. The molecule has 0 aliphatic carbocycles. The van der Waals surface area contributed by atoms with Crippen LogP contribution in [0.25, 0.3) is 0 Å². The van der Waals surface area contributed by atoms with Crippen molar-refractivity contribution >= 4 is 28.6 Å². The van der Waals surface area contributed by atoms with E-state index >= 15 is 0 Å². The molecule has 1 aromatic carbocycles. The lowest BCUT2D eigenvalue weighted by atomic mass is 9.98. The number of hydrogen-bond acceptors (Lipinski definition) is 1. The van der Waals surface area contributed by atoms with E-state index < -0.39 is 11.9 Å². The molecule has 0 bridgehead atoms. The van der Waals surface area contributed by atoms with Gasteiger partial charge in [0.1, 0.15) is 0 Å². The smallest absolute Gasteiger partial charge is 0.310 e. The van der Waals surface area contributed by atoms with E-state index in [1.807, 2.05) is 12.1 Å². The van der Waals surface area contributed by atoms with Gasteiger partial charge in [0.15, 0.2) is 0 Å². The monoisotopic (exact) mass is 304 g/mol. The summed E-state index contributed by atoms with van der Waals surface area (Å²) in [6.07, 6.45) is 0.941. The summed E-state index contributed by atoms with van der Waals surface area (Å²) in [5.74, 6) is -1.19. The van der Waals surface area contributed by atoms with Gasteiger partial charge in [0, 0.05) is 3.57 Å². The van der Waals surface area contributed by atoms with Gasteiger partial charge >= 0.3 is 5.97 Å². The van der Waals surface area contributed by atoms with Crippen molar-refractivity contribution in [2.24, 2.45) is 0 Å². The second-order valence-corrected chi connectivity index (χ2v) is 4.55. The zero-order valence-electron chi connectivity index (χ0n) is 8.25. The topological polar surface area (TPSA) is 37.3 Å². The highest BCUT2D eigenvalue weighted by Crippen LogP contribution is 2.20. The number of aryl methyl sites for hydroxylation is 1. The highest BCUT2D eigenvalue weighted by Gasteiger charge is 2.14. The van der Waals surface area contributed by atoms with Crippen LogP contribution < -0.4 is 0 Å². The lowest BCUT2D eigenvalue weighted by Crippen LogP contribution is -2.08. The van der Waals surface area contributed by atoms with Crippen LogP contribution >= 0.6 is 22.6 Å². The highest BCUT2D eigenvalue weighted by molar-refractivity contribution is 14.1. The molecular weight excluding hydrogens is 291 g/mol. The third kappa shape index (κ3) is 2.70. The molecule has 0 saturated carbocycles. The third-order valence-corrected chi connectivity index (χ3v) is 2.88. The van der Waals surface area contributed by atoms with Gasteiger partial charge in [-0.3, -0.25) is 4.79 Å². The Bertz CT molecular complexity index is 347. The summed E-state index contributed by atoms with van der Waals surface area (Å²) in [5, 5.41) is 8.89. The minimum atomic E-state index is -0.769. The minimum absolute atomic E-state index is 0.421. The largest absolute Gasteiger partial charge is 0.481 e. The Kier molecular flexibility index (Phi) is 3.92. The molecular formula is C11H13IO2. The normalized spacial score (nSPS) is 12.5. The number of carbonyl (C=O) groups is 1. The minimum Gasteiger partial charge on any atom is -0.481 e. The van der Waals surface area contributed by atoms with Crippen molar-refractivity contribution in [2.45, 2.75) is 26.2 Å². The SMILES string of the molecule is CCc1cc(I)cc(C(C)C(=O)O)c1. The van der Waals surface area contributed by atoms with Crippen LogP contribution in [0.4, 0.5) is 0 Å². The first-order valence-corrected chi connectivity index (χ1v) is 5.64. The molecule has 1 aromatic rings. The molecule has 0 aromatic heterocycles. The summed E-state index contributed by atoms with van der Waals surface area (Å²) in [4.78, 5) is 10.8. The molecule has 0 spiro atoms. The van der Waals surface area contributed by atoms with Gasteiger partial charge in [-0.25, -0.2) is 0 Å². The molecule has 0 fully saturated rings. The first kappa shape index (κ1) is 11.5. The van der Waals surface area contributed by atoms with E-state index in [-0.39, 0.29) is 0 Å². The number of rotatable bonds is 3. The first-order chi connectivity index (χ1) is 6.54. The Labute approximate surface area is 97.5 Å². The fourth-order valence-electron chi connectivity index (χ4n) is 1.27. The van der Waals surface area contributed by atoms with E-state index in [0.717, 1.165) is 15.6 Å². The van der Waals surface area contributed by atoms with Gasteiger partial charge in [-0.2, -0.15) is 0 Å². The number of carboxylic acids is 1. The number of halogens is 1. The standard InChI is InChI=1S/C11H13IO2/c1-3-8-4-9(6-10(12)5-8)7(2)11(13)14/h4-7H,3H2,1-2H3,(H,13,14).